The van der Waals surface area contributed by atoms with E-state index in [1.54, 1.807) is 0 Å². The highest BCUT2D eigenvalue weighted by molar-refractivity contribution is 9.10. The van der Waals surface area contributed by atoms with Crippen LogP contribution in [0.25, 0.3) is 0 Å². The minimum absolute atomic E-state index is 0.426. The lowest BCUT2D eigenvalue weighted by Gasteiger charge is -2.34. The van der Waals surface area contributed by atoms with Crippen LogP contribution in [0.5, 0.6) is 0 Å². The quantitative estimate of drug-likeness (QED) is 0.859. The molecule has 4 heteroatoms. The third-order valence-corrected chi connectivity index (χ3v) is 5.00. The zero-order valence-electron chi connectivity index (χ0n) is 12.6. The first-order valence-corrected chi connectivity index (χ1v) is 8.40. The van der Waals surface area contributed by atoms with Gasteiger partial charge in [0.05, 0.1) is 0 Å². The smallest absolute Gasteiger partial charge is 0.0340 e. The van der Waals surface area contributed by atoms with Gasteiger partial charge in [-0.2, -0.15) is 0 Å². The Morgan fingerprint density at radius 3 is 2.40 bits per heavy atom. The number of benzene rings is 1. The summed E-state index contributed by atoms with van der Waals surface area (Å²) in [5, 5.41) is 3.45. The number of likely N-dealkylation sites (N-methyl/N-ethyl adjacent to an activating group) is 1. The monoisotopic (exact) mass is 339 g/mol. The molecule has 0 aliphatic carbocycles. The van der Waals surface area contributed by atoms with Gasteiger partial charge in [-0.1, -0.05) is 41.1 Å². The van der Waals surface area contributed by atoms with Crippen molar-refractivity contribution < 1.29 is 0 Å². The molecule has 0 saturated carbocycles. The van der Waals surface area contributed by atoms with E-state index in [9.17, 15) is 0 Å². The van der Waals surface area contributed by atoms with Gasteiger partial charge >= 0.3 is 0 Å². The van der Waals surface area contributed by atoms with Crippen LogP contribution >= 0.6 is 15.9 Å². The zero-order chi connectivity index (χ0) is 14.4. The summed E-state index contributed by atoms with van der Waals surface area (Å²) < 4.78 is 1.20. The van der Waals surface area contributed by atoms with Crippen molar-refractivity contribution in [1.29, 1.82) is 0 Å². The Kier molecular flexibility index (Phi) is 6.49. The van der Waals surface area contributed by atoms with E-state index < -0.39 is 0 Å². The van der Waals surface area contributed by atoms with Gasteiger partial charge in [0.1, 0.15) is 0 Å². The highest BCUT2D eigenvalue weighted by atomic mass is 79.9. The number of hydrogen-bond acceptors (Lipinski definition) is 3. The normalized spacial score (nSPS) is 19.1. The summed E-state index contributed by atoms with van der Waals surface area (Å²) in [6, 6.07) is 8.95. The fourth-order valence-electron chi connectivity index (χ4n) is 2.85. The van der Waals surface area contributed by atoms with Crippen LogP contribution < -0.4 is 5.32 Å². The second-order valence-electron chi connectivity index (χ2n) is 5.43. The molecule has 1 unspecified atom stereocenters. The lowest BCUT2D eigenvalue weighted by Crippen LogP contribution is -2.46. The van der Waals surface area contributed by atoms with Crippen LogP contribution in [0.15, 0.2) is 28.7 Å². The Morgan fingerprint density at radius 1 is 1.15 bits per heavy atom. The molecular weight excluding hydrogens is 314 g/mol. The highest BCUT2D eigenvalue weighted by Gasteiger charge is 2.18. The summed E-state index contributed by atoms with van der Waals surface area (Å²) in [5.74, 6) is 0. The largest absolute Gasteiger partial charge is 0.313 e. The topological polar surface area (TPSA) is 18.5 Å². The predicted octanol–water partition coefficient (Wildman–Crippen LogP) is 2.74. The van der Waals surface area contributed by atoms with E-state index in [2.05, 4.69) is 69.3 Å². The fraction of sp³-hybridized carbons (Fsp3) is 0.625. The summed E-state index contributed by atoms with van der Waals surface area (Å²) in [5.41, 5.74) is 1.36. The second-order valence-corrected chi connectivity index (χ2v) is 6.28. The SMILES string of the molecule is CCN1CCN(CCC(NC)c2ccccc2Br)CC1. The number of nitrogens with zero attached hydrogens (tertiary/aromatic N) is 2. The van der Waals surface area contributed by atoms with Crippen LogP contribution in [0.4, 0.5) is 0 Å². The van der Waals surface area contributed by atoms with Gasteiger partial charge in [-0.05, 0) is 31.6 Å². The van der Waals surface area contributed by atoms with Gasteiger partial charge in [0.25, 0.3) is 0 Å². The molecule has 1 fully saturated rings. The van der Waals surface area contributed by atoms with Crippen molar-refractivity contribution >= 4 is 15.9 Å². The van der Waals surface area contributed by atoms with Crippen molar-refractivity contribution in [3.8, 4) is 0 Å². The molecule has 0 aromatic heterocycles. The molecule has 1 saturated heterocycles. The predicted molar refractivity (Wildman–Crippen MR) is 89.1 cm³/mol. The summed E-state index contributed by atoms with van der Waals surface area (Å²) in [7, 11) is 2.05. The maximum atomic E-state index is 3.66. The molecule has 1 N–H and O–H groups in total. The summed E-state index contributed by atoms with van der Waals surface area (Å²) in [6.07, 6.45) is 1.16. The van der Waals surface area contributed by atoms with E-state index in [4.69, 9.17) is 0 Å². The van der Waals surface area contributed by atoms with Crippen molar-refractivity contribution in [3.63, 3.8) is 0 Å². The first-order chi connectivity index (χ1) is 9.74. The average Bonchev–Trinajstić information content (AvgIpc) is 2.50. The second kappa shape index (κ2) is 8.13. The Labute approximate surface area is 131 Å². The number of rotatable bonds is 6. The Bertz CT molecular complexity index is 402. The van der Waals surface area contributed by atoms with Gasteiger partial charge in [0.15, 0.2) is 0 Å². The molecule has 1 aliphatic heterocycles. The van der Waals surface area contributed by atoms with E-state index in [1.165, 1.54) is 49.3 Å². The fourth-order valence-corrected chi connectivity index (χ4v) is 3.41. The Hall–Kier alpha value is -0.420. The molecule has 112 valence electrons. The molecule has 0 bridgehead atoms. The molecule has 1 heterocycles. The highest BCUT2D eigenvalue weighted by Crippen LogP contribution is 2.25. The number of piperazine rings is 1. The van der Waals surface area contributed by atoms with E-state index in [1.807, 2.05) is 0 Å². The first-order valence-electron chi connectivity index (χ1n) is 7.61. The number of nitrogens with one attached hydrogen (secondary N) is 1. The standard InChI is InChI=1S/C16H26BrN3/c1-3-19-10-12-20(13-11-19)9-8-16(18-2)14-6-4-5-7-15(14)17/h4-7,16,18H,3,8-13H2,1-2H3. The van der Waals surface area contributed by atoms with Gasteiger partial charge in [0, 0.05) is 43.2 Å². The third-order valence-electron chi connectivity index (χ3n) is 4.28. The average molecular weight is 340 g/mol. The molecule has 1 aromatic rings. The van der Waals surface area contributed by atoms with Crippen LogP contribution in [-0.2, 0) is 0 Å². The van der Waals surface area contributed by atoms with Crippen LogP contribution in [0, 0.1) is 0 Å². The van der Waals surface area contributed by atoms with Gasteiger partial charge in [-0.25, -0.2) is 0 Å². The molecular formula is C16H26BrN3. The van der Waals surface area contributed by atoms with Crippen molar-refractivity contribution in [1.82, 2.24) is 15.1 Å². The van der Waals surface area contributed by atoms with Crippen LogP contribution in [0.3, 0.4) is 0 Å². The molecule has 0 amide bonds. The van der Waals surface area contributed by atoms with Crippen molar-refractivity contribution in [3.05, 3.63) is 34.3 Å². The van der Waals surface area contributed by atoms with Crippen molar-refractivity contribution in [2.24, 2.45) is 0 Å². The molecule has 2 rings (SSSR count). The van der Waals surface area contributed by atoms with E-state index in [-0.39, 0.29) is 0 Å². The first kappa shape index (κ1) is 16.0. The molecule has 3 nitrogen and oxygen atoms in total. The minimum Gasteiger partial charge on any atom is -0.313 e. The third kappa shape index (κ3) is 4.29. The molecule has 0 radical (unpaired) electrons. The summed E-state index contributed by atoms with van der Waals surface area (Å²) in [4.78, 5) is 5.12. The van der Waals surface area contributed by atoms with E-state index in [0.29, 0.717) is 6.04 Å². The molecule has 1 aromatic carbocycles. The van der Waals surface area contributed by atoms with Crippen molar-refractivity contribution in [2.45, 2.75) is 19.4 Å². The minimum atomic E-state index is 0.426. The maximum absolute atomic E-state index is 3.66. The van der Waals surface area contributed by atoms with Gasteiger partial charge in [0.2, 0.25) is 0 Å². The summed E-state index contributed by atoms with van der Waals surface area (Å²) in [6.45, 7) is 9.46. The van der Waals surface area contributed by atoms with Crippen molar-refractivity contribution in [2.75, 3.05) is 46.3 Å². The van der Waals surface area contributed by atoms with Crippen LogP contribution in [-0.4, -0.2) is 56.1 Å². The van der Waals surface area contributed by atoms with Crippen LogP contribution in [0.1, 0.15) is 24.9 Å². The van der Waals surface area contributed by atoms with Crippen LogP contribution in [0.2, 0.25) is 0 Å². The van der Waals surface area contributed by atoms with Gasteiger partial charge in [-0.15, -0.1) is 0 Å². The summed E-state index contributed by atoms with van der Waals surface area (Å²) >= 11 is 3.66. The van der Waals surface area contributed by atoms with Gasteiger partial charge in [-0.3, -0.25) is 0 Å². The number of hydrogen-bond donors (Lipinski definition) is 1. The van der Waals surface area contributed by atoms with Gasteiger partial charge < -0.3 is 15.1 Å². The molecule has 20 heavy (non-hydrogen) atoms. The molecule has 0 spiro atoms. The maximum Gasteiger partial charge on any atom is 0.0340 e. The molecule has 1 atom stereocenters. The lowest BCUT2D eigenvalue weighted by molar-refractivity contribution is 0.133. The van der Waals surface area contributed by atoms with E-state index >= 15 is 0 Å². The number of halogens is 1. The van der Waals surface area contributed by atoms with E-state index in [0.717, 1.165) is 6.42 Å². The zero-order valence-corrected chi connectivity index (χ0v) is 14.2. The Balaban J connectivity index is 1.84. The Morgan fingerprint density at radius 2 is 1.80 bits per heavy atom. The molecule has 1 aliphatic rings. The lowest BCUT2D eigenvalue weighted by atomic mass is 10.0.